The fraction of sp³-hybridized carbons (Fsp3) is 0.474. The molecule has 1 fully saturated rings. The average Bonchev–Trinajstić information content (AvgIpc) is 3.04. The summed E-state index contributed by atoms with van der Waals surface area (Å²) in [5.41, 5.74) is 7.29. The molecule has 0 bridgehead atoms. The van der Waals surface area contributed by atoms with Gasteiger partial charge in [0.25, 0.3) is 5.91 Å². The van der Waals surface area contributed by atoms with E-state index in [1.54, 1.807) is 11.8 Å². The Morgan fingerprint density at radius 1 is 1.00 bits per heavy atom. The number of aliphatic carboxylic acids is 1. The number of anilines is 1. The summed E-state index contributed by atoms with van der Waals surface area (Å²) in [6.45, 7) is 6.06. The lowest BCUT2D eigenvalue weighted by molar-refractivity contribution is -0.139. The van der Waals surface area contributed by atoms with Gasteiger partial charge in [-0.3, -0.25) is 4.79 Å². The molecule has 0 saturated heterocycles. The number of hydrogen-bond acceptors (Lipinski definition) is 4. The first-order valence-electron chi connectivity index (χ1n) is 16.5. The van der Waals surface area contributed by atoms with Gasteiger partial charge in [0.15, 0.2) is 0 Å². The van der Waals surface area contributed by atoms with Crippen LogP contribution in [0.5, 0.6) is 0 Å². The van der Waals surface area contributed by atoms with Crippen molar-refractivity contribution in [3.63, 3.8) is 0 Å². The predicted molar refractivity (Wildman–Crippen MR) is 186 cm³/mol. The number of thioether (sulfide) groups is 1. The minimum atomic E-state index is -1.00. The van der Waals surface area contributed by atoms with Gasteiger partial charge in [0.05, 0.1) is 0 Å². The molecule has 6 heteroatoms. The molecule has 1 amide bonds. The highest BCUT2D eigenvalue weighted by Gasteiger charge is 2.24. The Bertz CT molecular complexity index is 1370. The van der Waals surface area contributed by atoms with E-state index in [-0.39, 0.29) is 5.91 Å². The Balaban J connectivity index is 1.68. The summed E-state index contributed by atoms with van der Waals surface area (Å²) in [5, 5.41) is 12.6. The molecule has 5 nitrogen and oxygen atoms in total. The van der Waals surface area contributed by atoms with Crippen molar-refractivity contribution >= 4 is 29.3 Å². The molecule has 0 aliphatic heterocycles. The second kappa shape index (κ2) is 17.3. The first kappa shape index (κ1) is 33.6. The van der Waals surface area contributed by atoms with E-state index in [1.165, 1.54) is 62.6 Å². The van der Waals surface area contributed by atoms with E-state index in [2.05, 4.69) is 72.6 Å². The van der Waals surface area contributed by atoms with Gasteiger partial charge in [0.2, 0.25) is 0 Å². The highest BCUT2D eigenvalue weighted by atomic mass is 32.2. The van der Waals surface area contributed by atoms with Gasteiger partial charge in [0.1, 0.15) is 6.04 Å². The number of para-hydroxylation sites is 1. The number of unbranched alkanes of at least 4 members (excludes halogenated alkanes) is 1. The Morgan fingerprint density at radius 3 is 2.48 bits per heavy atom. The van der Waals surface area contributed by atoms with Gasteiger partial charge in [-0.25, -0.2) is 4.79 Å². The first-order valence-corrected chi connectivity index (χ1v) is 17.8. The highest BCUT2D eigenvalue weighted by molar-refractivity contribution is 7.98. The third-order valence-electron chi connectivity index (χ3n) is 9.02. The van der Waals surface area contributed by atoms with E-state index in [9.17, 15) is 14.7 Å². The summed E-state index contributed by atoms with van der Waals surface area (Å²) in [4.78, 5) is 28.1. The first-order chi connectivity index (χ1) is 21.4. The van der Waals surface area contributed by atoms with Crippen molar-refractivity contribution < 1.29 is 14.7 Å². The molecule has 1 unspecified atom stereocenters. The molecule has 3 aromatic carbocycles. The molecule has 44 heavy (non-hydrogen) atoms. The van der Waals surface area contributed by atoms with E-state index in [1.807, 2.05) is 24.5 Å². The van der Waals surface area contributed by atoms with Crippen molar-refractivity contribution in [3.05, 3.63) is 89.0 Å². The van der Waals surface area contributed by atoms with Crippen molar-refractivity contribution in [2.75, 3.05) is 23.5 Å². The van der Waals surface area contributed by atoms with Crippen LogP contribution in [-0.4, -0.2) is 41.6 Å². The van der Waals surface area contributed by atoms with Crippen LogP contribution in [0.3, 0.4) is 0 Å². The van der Waals surface area contributed by atoms with Crippen LogP contribution in [0.15, 0.2) is 66.7 Å². The van der Waals surface area contributed by atoms with Gasteiger partial charge in [0, 0.05) is 24.3 Å². The van der Waals surface area contributed by atoms with E-state index in [0.29, 0.717) is 17.7 Å². The van der Waals surface area contributed by atoms with Crippen LogP contribution in [0, 0.1) is 12.8 Å². The summed E-state index contributed by atoms with van der Waals surface area (Å²) in [7, 11) is 0. The third-order valence-corrected chi connectivity index (χ3v) is 9.66. The summed E-state index contributed by atoms with van der Waals surface area (Å²) in [5.74, 6) is 0.104. The fourth-order valence-corrected chi connectivity index (χ4v) is 6.90. The van der Waals surface area contributed by atoms with Crippen molar-refractivity contribution in [2.24, 2.45) is 5.92 Å². The van der Waals surface area contributed by atoms with Crippen molar-refractivity contribution in [1.29, 1.82) is 0 Å². The monoisotopic (exact) mass is 614 g/mol. The predicted octanol–water partition coefficient (Wildman–Crippen LogP) is 8.92. The van der Waals surface area contributed by atoms with Crippen LogP contribution in [0.4, 0.5) is 5.69 Å². The second-order valence-electron chi connectivity index (χ2n) is 12.3. The highest BCUT2D eigenvalue weighted by Crippen LogP contribution is 2.32. The summed E-state index contributed by atoms with van der Waals surface area (Å²) < 4.78 is 0. The summed E-state index contributed by atoms with van der Waals surface area (Å²) in [6.07, 6.45) is 13.7. The maximum Gasteiger partial charge on any atom is 0.326 e. The standard InChI is InChI=1S/C38H50N2O3S/c1-4-5-16-31-17-10-12-19-36(31)40(24-22-29-14-7-6-8-15-29)27-30-20-21-33(34(26-30)32-18-11-9-13-28(32)2)37(41)39-35(38(42)43)23-25-44-3/h9-13,17-21,26,29,35H,4-8,14-16,22-25,27H2,1-3H3,(H,39,41)(H,42,43). The van der Waals surface area contributed by atoms with Crippen LogP contribution in [0.2, 0.25) is 0 Å². The average molecular weight is 615 g/mol. The zero-order valence-corrected chi connectivity index (χ0v) is 27.6. The van der Waals surface area contributed by atoms with Crippen molar-refractivity contribution in [3.8, 4) is 11.1 Å². The number of carbonyl (C=O) groups excluding carboxylic acids is 1. The number of amides is 1. The molecule has 1 saturated carbocycles. The maximum atomic E-state index is 13.6. The summed E-state index contributed by atoms with van der Waals surface area (Å²) in [6, 6.07) is 22.1. The van der Waals surface area contributed by atoms with Crippen molar-refractivity contribution in [2.45, 2.75) is 90.6 Å². The largest absolute Gasteiger partial charge is 0.480 e. The number of nitrogens with zero attached hydrogens (tertiary/aromatic N) is 1. The molecule has 4 rings (SSSR count). The molecule has 1 aliphatic rings. The second-order valence-corrected chi connectivity index (χ2v) is 13.3. The van der Waals surface area contributed by atoms with Gasteiger partial charge >= 0.3 is 5.97 Å². The van der Waals surface area contributed by atoms with Crippen LogP contribution in [-0.2, 0) is 17.8 Å². The number of carboxylic acids is 1. The van der Waals surface area contributed by atoms with Crippen LogP contribution in [0.1, 0.15) is 91.8 Å². The van der Waals surface area contributed by atoms with Gasteiger partial charge in [-0.2, -0.15) is 11.8 Å². The Labute approximate surface area is 268 Å². The molecule has 0 aromatic heterocycles. The number of carbonyl (C=O) groups is 2. The summed E-state index contributed by atoms with van der Waals surface area (Å²) >= 11 is 1.58. The van der Waals surface area contributed by atoms with Gasteiger partial charge in [-0.05, 0) is 96.5 Å². The molecule has 0 spiro atoms. The number of hydrogen-bond donors (Lipinski definition) is 2. The van der Waals surface area contributed by atoms with E-state index < -0.39 is 12.0 Å². The number of nitrogens with one attached hydrogen (secondary N) is 1. The Hall–Kier alpha value is -3.25. The van der Waals surface area contributed by atoms with Crippen molar-refractivity contribution in [1.82, 2.24) is 5.32 Å². The molecular formula is C38H50N2O3S. The van der Waals surface area contributed by atoms with E-state index >= 15 is 0 Å². The minimum Gasteiger partial charge on any atom is -0.480 e. The molecule has 0 heterocycles. The number of carboxylic acid groups (broad SMARTS) is 1. The van der Waals surface area contributed by atoms with Crippen LogP contribution < -0.4 is 10.2 Å². The molecule has 3 aromatic rings. The lowest BCUT2D eigenvalue weighted by atomic mass is 9.87. The molecule has 2 N–H and O–H groups in total. The molecular weight excluding hydrogens is 564 g/mol. The molecule has 1 aliphatic carbocycles. The SMILES string of the molecule is CCCCc1ccccc1N(CCC1CCCCC1)Cc1ccc(C(=O)NC(CCSC)C(=O)O)c(-c2ccccc2C)c1. The lowest BCUT2D eigenvalue weighted by Crippen LogP contribution is -2.41. The number of rotatable bonds is 16. The normalized spacial score (nSPS) is 14.2. The Morgan fingerprint density at radius 2 is 1.75 bits per heavy atom. The van der Waals surface area contributed by atoms with Gasteiger partial charge in [-0.1, -0.05) is 94.0 Å². The maximum absolute atomic E-state index is 13.6. The zero-order valence-electron chi connectivity index (χ0n) is 26.8. The van der Waals surface area contributed by atoms with E-state index in [4.69, 9.17) is 0 Å². The molecule has 0 radical (unpaired) electrons. The topological polar surface area (TPSA) is 69.6 Å². The minimum absolute atomic E-state index is 0.345. The van der Waals surface area contributed by atoms with E-state index in [0.717, 1.165) is 47.7 Å². The fourth-order valence-electron chi connectivity index (χ4n) is 6.43. The third kappa shape index (κ3) is 9.37. The van der Waals surface area contributed by atoms with Crippen LogP contribution >= 0.6 is 11.8 Å². The number of aryl methyl sites for hydroxylation is 2. The molecule has 236 valence electrons. The Kier molecular flexibility index (Phi) is 13.2. The molecule has 1 atom stereocenters. The number of benzene rings is 3. The smallest absolute Gasteiger partial charge is 0.326 e. The van der Waals surface area contributed by atoms with Gasteiger partial charge in [-0.15, -0.1) is 0 Å². The quantitative estimate of drug-likeness (QED) is 0.169. The lowest BCUT2D eigenvalue weighted by Gasteiger charge is -2.31. The van der Waals surface area contributed by atoms with Gasteiger partial charge < -0.3 is 15.3 Å². The zero-order chi connectivity index (χ0) is 31.3. The van der Waals surface area contributed by atoms with Crippen LogP contribution in [0.25, 0.3) is 11.1 Å².